The van der Waals surface area contributed by atoms with Gasteiger partial charge in [-0.25, -0.2) is 4.79 Å². The van der Waals surface area contributed by atoms with Crippen LogP contribution in [0.3, 0.4) is 0 Å². The van der Waals surface area contributed by atoms with Crippen molar-refractivity contribution in [1.29, 1.82) is 0 Å². The van der Waals surface area contributed by atoms with Crippen LogP contribution in [0.25, 0.3) is 0 Å². The third-order valence-electron chi connectivity index (χ3n) is 3.01. The van der Waals surface area contributed by atoms with Gasteiger partial charge in [-0.05, 0) is 12.1 Å². The van der Waals surface area contributed by atoms with Gasteiger partial charge in [0.2, 0.25) is 5.91 Å². The summed E-state index contributed by atoms with van der Waals surface area (Å²) in [4.78, 5) is 24.9. The second-order valence-corrected chi connectivity index (χ2v) is 4.24. The Hall–Kier alpha value is -2.08. The van der Waals surface area contributed by atoms with Gasteiger partial charge in [0, 0.05) is 6.07 Å². The molecule has 19 heavy (non-hydrogen) atoms. The number of carbonyl (C=O) groups excluding carboxylic acids is 2. The molecule has 0 spiro atoms. The molecule has 0 saturated carbocycles. The molecule has 1 saturated heterocycles. The minimum absolute atomic E-state index is 0.0534. The molecule has 1 fully saturated rings. The molecule has 2 rings (SSSR count). The average molecular weight is 265 g/mol. The van der Waals surface area contributed by atoms with Crippen molar-refractivity contribution < 1.29 is 24.2 Å². The lowest BCUT2D eigenvalue weighted by molar-refractivity contribution is -0.117. The number of aliphatic hydroxyl groups excluding tert-OH is 1. The molecule has 1 aromatic carbocycles. The summed E-state index contributed by atoms with van der Waals surface area (Å²) in [5.41, 5.74) is 0.665. The molecule has 0 aromatic heterocycles. The van der Waals surface area contributed by atoms with Gasteiger partial charge in [0.25, 0.3) is 0 Å². The highest BCUT2D eigenvalue weighted by atomic mass is 16.5. The van der Waals surface area contributed by atoms with E-state index < -0.39 is 12.1 Å². The van der Waals surface area contributed by atoms with E-state index in [9.17, 15) is 14.7 Å². The van der Waals surface area contributed by atoms with Gasteiger partial charge in [0.05, 0.1) is 44.5 Å². The molecular weight excluding hydrogens is 250 g/mol. The van der Waals surface area contributed by atoms with Crippen LogP contribution in [0.4, 0.5) is 5.69 Å². The third kappa shape index (κ3) is 2.53. The molecule has 1 atom stereocenters. The average Bonchev–Trinajstić information content (AvgIpc) is 2.76. The first-order chi connectivity index (χ1) is 9.06. The predicted molar refractivity (Wildman–Crippen MR) is 67.3 cm³/mol. The summed E-state index contributed by atoms with van der Waals surface area (Å²) in [7, 11) is 2.77. The summed E-state index contributed by atoms with van der Waals surface area (Å²) in [5.74, 6) is -0.241. The molecule has 102 valence electrons. The number of aliphatic hydroxyl groups is 1. The number of hydrogen-bond donors (Lipinski definition) is 1. The zero-order valence-corrected chi connectivity index (χ0v) is 10.8. The molecule has 1 heterocycles. The van der Waals surface area contributed by atoms with Crippen molar-refractivity contribution >= 4 is 17.6 Å². The Morgan fingerprint density at radius 3 is 2.68 bits per heavy atom. The SMILES string of the molecule is COC(=O)c1ccc(OC)cc1N1CC(O)CC1=O. The van der Waals surface area contributed by atoms with E-state index in [1.165, 1.54) is 25.2 Å². The topological polar surface area (TPSA) is 76.1 Å². The Morgan fingerprint density at radius 2 is 2.16 bits per heavy atom. The monoisotopic (exact) mass is 265 g/mol. The number of rotatable bonds is 3. The Kier molecular flexibility index (Phi) is 3.71. The largest absolute Gasteiger partial charge is 0.497 e. The first-order valence-corrected chi connectivity index (χ1v) is 5.81. The van der Waals surface area contributed by atoms with Gasteiger partial charge in [0.15, 0.2) is 0 Å². The minimum Gasteiger partial charge on any atom is -0.497 e. The fraction of sp³-hybridized carbons (Fsp3) is 0.385. The number of nitrogens with zero attached hydrogens (tertiary/aromatic N) is 1. The highest BCUT2D eigenvalue weighted by Gasteiger charge is 2.32. The third-order valence-corrected chi connectivity index (χ3v) is 3.01. The summed E-state index contributed by atoms with van der Waals surface area (Å²) in [5, 5.41) is 9.53. The molecule has 1 N–H and O–H groups in total. The van der Waals surface area contributed by atoms with Crippen molar-refractivity contribution in [2.75, 3.05) is 25.7 Å². The van der Waals surface area contributed by atoms with Gasteiger partial charge in [-0.2, -0.15) is 0 Å². The second-order valence-electron chi connectivity index (χ2n) is 4.24. The molecule has 1 amide bonds. The zero-order chi connectivity index (χ0) is 14.0. The first kappa shape index (κ1) is 13.4. The van der Waals surface area contributed by atoms with E-state index in [1.54, 1.807) is 12.1 Å². The Labute approximate surface area is 110 Å². The maximum absolute atomic E-state index is 11.8. The van der Waals surface area contributed by atoms with E-state index in [-0.39, 0.29) is 24.4 Å². The fourth-order valence-electron chi connectivity index (χ4n) is 2.07. The molecule has 1 unspecified atom stereocenters. The predicted octanol–water partition coefficient (Wildman–Crippen LogP) is 0.579. The Morgan fingerprint density at radius 1 is 1.42 bits per heavy atom. The standard InChI is InChI=1S/C13H15NO5/c1-18-9-3-4-10(13(17)19-2)11(6-9)14-7-8(15)5-12(14)16/h3-4,6,8,15H,5,7H2,1-2H3. The number of methoxy groups -OCH3 is 2. The molecule has 0 aliphatic carbocycles. The van der Waals surface area contributed by atoms with E-state index >= 15 is 0 Å². The van der Waals surface area contributed by atoms with Gasteiger partial charge in [-0.15, -0.1) is 0 Å². The van der Waals surface area contributed by atoms with E-state index in [1.807, 2.05) is 0 Å². The highest BCUT2D eigenvalue weighted by molar-refractivity contribution is 6.04. The van der Waals surface area contributed by atoms with Gasteiger partial charge in [-0.3, -0.25) is 4.79 Å². The molecule has 1 aliphatic rings. The number of hydrogen-bond acceptors (Lipinski definition) is 5. The number of benzene rings is 1. The van der Waals surface area contributed by atoms with Crippen molar-refractivity contribution in [2.24, 2.45) is 0 Å². The zero-order valence-electron chi connectivity index (χ0n) is 10.8. The van der Waals surface area contributed by atoms with E-state index in [2.05, 4.69) is 0 Å². The van der Waals surface area contributed by atoms with Gasteiger partial charge < -0.3 is 19.5 Å². The highest BCUT2D eigenvalue weighted by Crippen LogP contribution is 2.30. The maximum atomic E-state index is 11.8. The number of amides is 1. The number of esters is 1. The van der Waals surface area contributed by atoms with Crippen LogP contribution in [0.15, 0.2) is 18.2 Å². The fourth-order valence-corrected chi connectivity index (χ4v) is 2.07. The van der Waals surface area contributed by atoms with E-state index in [4.69, 9.17) is 9.47 Å². The summed E-state index contributed by atoms with van der Waals surface area (Å²) < 4.78 is 9.78. The number of β-amino-alcohol motifs (C(OH)–C–C–N with tert-alkyl or cyclic N) is 1. The van der Waals surface area contributed by atoms with Gasteiger partial charge in [0.1, 0.15) is 5.75 Å². The van der Waals surface area contributed by atoms with Crippen molar-refractivity contribution in [1.82, 2.24) is 0 Å². The van der Waals surface area contributed by atoms with Crippen LogP contribution in [0.2, 0.25) is 0 Å². The van der Waals surface area contributed by atoms with Crippen molar-refractivity contribution in [2.45, 2.75) is 12.5 Å². The lowest BCUT2D eigenvalue weighted by Gasteiger charge is -2.19. The van der Waals surface area contributed by atoms with Crippen molar-refractivity contribution in [3.8, 4) is 5.75 Å². The van der Waals surface area contributed by atoms with Crippen LogP contribution in [0.5, 0.6) is 5.75 Å². The number of carbonyl (C=O) groups is 2. The lowest BCUT2D eigenvalue weighted by atomic mass is 10.1. The minimum atomic E-state index is -0.718. The lowest BCUT2D eigenvalue weighted by Crippen LogP contribution is -2.27. The normalized spacial score (nSPS) is 18.6. The van der Waals surface area contributed by atoms with Crippen LogP contribution >= 0.6 is 0 Å². The van der Waals surface area contributed by atoms with Crippen LogP contribution in [0.1, 0.15) is 16.8 Å². The summed E-state index contributed by atoms with van der Waals surface area (Å²) in [6.45, 7) is 0.163. The van der Waals surface area contributed by atoms with Gasteiger partial charge in [-0.1, -0.05) is 0 Å². The van der Waals surface area contributed by atoms with Crippen LogP contribution < -0.4 is 9.64 Å². The number of ether oxygens (including phenoxy) is 2. The van der Waals surface area contributed by atoms with Gasteiger partial charge >= 0.3 is 5.97 Å². The van der Waals surface area contributed by atoms with Crippen LogP contribution in [-0.2, 0) is 9.53 Å². The Bertz CT molecular complexity index is 514. The smallest absolute Gasteiger partial charge is 0.339 e. The summed E-state index contributed by atoms with van der Waals surface area (Å²) >= 11 is 0. The van der Waals surface area contributed by atoms with Crippen LogP contribution in [0, 0.1) is 0 Å². The second kappa shape index (κ2) is 5.27. The molecule has 0 radical (unpaired) electrons. The molecule has 1 aromatic rings. The molecule has 1 aliphatic heterocycles. The number of anilines is 1. The molecule has 6 heteroatoms. The maximum Gasteiger partial charge on any atom is 0.339 e. The first-order valence-electron chi connectivity index (χ1n) is 5.81. The van der Waals surface area contributed by atoms with Crippen LogP contribution in [-0.4, -0.2) is 43.9 Å². The summed E-state index contributed by atoms with van der Waals surface area (Å²) in [6.07, 6.45) is -0.665. The quantitative estimate of drug-likeness (QED) is 0.809. The van der Waals surface area contributed by atoms with Crippen molar-refractivity contribution in [3.63, 3.8) is 0 Å². The van der Waals surface area contributed by atoms with E-state index in [0.717, 1.165) is 0 Å². The molecule has 6 nitrogen and oxygen atoms in total. The van der Waals surface area contributed by atoms with E-state index in [0.29, 0.717) is 11.4 Å². The molecule has 0 bridgehead atoms. The Balaban J connectivity index is 2.46. The molecular formula is C13H15NO5. The summed E-state index contributed by atoms with van der Waals surface area (Å²) in [6, 6.07) is 4.74. The van der Waals surface area contributed by atoms with Crippen molar-refractivity contribution in [3.05, 3.63) is 23.8 Å².